The van der Waals surface area contributed by atoms with Crippen LogP contribution in [-0.4, -0.2) is 65.8 Å². The molecule has 0 saturated carbocycles. The van der Waals surface area contributed by atoms with Crippen molar-refractivity contribution in [2.24, 2.45) is 0 Å². The molecule has 0 unspecified atom stereocenters. The second kappa shape index (κ2) is 13.9. The third-order valence-electron chi connectivity index (χ3n) is 6.28. The monoisotopic (exact) mass is 528 g/mol. The molecule has 0 heterocycles. The average Bonchev–Trinajstić information content (AvgIpc) is 2.92. The zero-order chi connectivity index (χ0) is 28.4. The highest BCUT2D eigenvalue weighted by atomic mass is 16.5. The van der Waals surface area contributed by atoms with E-state index in [0.717, 1.165) is 28.7 Å². The molecule has 0 aromatic heterocycles. The number of carboxylic acid groups (broad SMARTS) is 1. The molecule has 204 valence electrons. The number of nitrogens with zero attached hydrogens (tertiary/aromatic N) is 2. The summed E-state index contributed by atoms with van der Waals surface area (Å²) >= 11 is 0. The number of carbonyl (C=O) groups excluding carboxylic acids is 1. The molecule has 0 aliphatic rings. The fraction of sp³-hybridized carbons (Fsp3) is 0.250. The lowest BCUT2D eigenvalue weighted by atomic mass is 9.88. The Bertz CT molecular complexity index is 1310. The van der Waals surface area contributed by atoms with Crippen LogP contribution in [0.2, 0.25) is 0 Å². The fourth-order valence-corrected chi connectivity index (χ4v) is 4.11. The highest BCUT2D eigenvalue weighted by Crippen LogP contribution is 2.35. The number of rotatable bonds is 11. The number of carbonyl (C=O) groups is 2. The first kappa shape index (κ1) is 29.0. The minimum absolute atomic E-state index is 0.0940. The number of phenolic OH excluding ortho intramolecular Hbond substituents is 1. The minimum atomic E-state index is -1.08. The second-order valence-electron chi connectivity index (χ2n) is 9.36. The van der Waals surface area contributed by atoms with E-state index in [9.17, 15) is 19.8 Å². The molecule has 7 heteroatoms. The van der Waals surface area contributed by atoms with Crippen LogP contribution >= 0.6 is 0 Å². The van der Waals surface area contributed by atoms with Gasteiger partial charge in [0.1, 0.15) is 18.1 Å². The minimum Gasteiger partial charge on any atom is -0.508 e. The summed E-state index contributed by atoms with van der Waals surface area (Å²) in [6, 6.07) is 23.4. The number of benzene rings is 3. The van der Waals surface area contributed by atoms with Crippen LogP contribution in [0.15, 0.2) is 84.9 Å². The van der Waals surface area contributed by atoms with Crippen LogP contribution in [0.3, 0.4) is 0 Å². The third kappa shape index (κ3) is 8.23. The average molecular weight is 529 g/mol. The number of phenols is 1. The SMILES string of the molecule is CC/C(=C(\c1ccc(O)cc1)c1ccc(OCCN(C/C=C/C(=O)N(C)C)C(=O)O)cc1)c1ccc(C)cc1. The molecule has 3 rings (SSSR count). The Morgan fingerprint density at radius 3 is 1.97 bits per heavy atom. The smallest absolute Gasteiger partial charge is 0.407 e. The van der Waals surface area contributed by atoms with Crippen LogP contribution in [0.4, 0.5) is 4.79 Å². The summed E-state index contributed by atoms with van der Waals surface area (Å²) in [4.78, 5) is 25.8. The number of likely N-dealkylation sites (N-methyl/N-ethyl adjacent to an activating group) is 1. The predicted molar refractivity (Wildman–Crippen MR) is 155 cm³/mol. The molecular formula is C32H36N2O5. The number of hydrogen-bond donors (Lipinski definition) is 2. The molecule has 7 nitrogen and oxygen atoms in total. The summed E-state index contributed by atoms with van der Waals surface area (Å²) in [5, 5.41) is 19.3. The molecule has 0 aliphatic heterocycles. The number of allylic oxidation sites excluding steroid dienone is 1. The molecule has 0 atom stereocenters. The van der Waals surface area contributed by atoms with E-state index in [0.29, 0.717) is 5.75 Å². The molecule has 0 radical (unpaired) electrons. The Kier molecular flexibility index (Phi) is 10.3. The van der Waals surface area contributed by atoms with Crippen molar-refractivity contribution in [3.05, 3.63) is 107 Å². The van der Waals surface area contributed by atoms with Crippen molar-refractivity contribution in [1.29, 1.82) is 0 Å². The molecule has 2 N–H and O–H groups in total. The van der Waals surface area contributed by atoms with Gasteiger partial charge in [0.25, 0.3) is 0 Å². The maximum Gasteiger partial charge on any atom is 0.407 e. The fourth-order valence-electron chi connectivity index (χ4n) is 4.11. The van der Waals surface area contributed by atoms with E-state index in [1.807, 2.05) is 36.4 Å². The summed E-state index contributed by atoms with van der Waals surface area (Å²) in [6.45, 7) is 4.62. The van der Waals surface area contributed by atoms with Crippen LogP contribution in [0, 0.1) is 6.92 Å². The lowest BCUT2D eigenvalue weighted by molar-refractivity contribution is -0.123. The summed E-state index contributed by atoms with van der Waals surface area (Å²) in [6.07, 6.45) is 2.62. The van der Waals surface area contributed by atoms with Crippen molar-refractivity contribution in [1.82, 2.24) is 9.80 Å². The molecule has 39 heavy (non-hydrogen) atoms. The highest BCUT2D eigenvalue weighted by Gasteiger charge is 2.14. The maximum absolute atomic E-state index is 11.7. The van der Waals surface area contributed by atoms with Crippen LogP contribution in [0.1, 0.15) is 35.6 Å². The molecule has 3 aromatic rings. The van der Waals surface area contributed by atoms with Crippen LogP contribution in [0.5, 0.6) is 11.5 Å². The van der Waals surface area contributed by atoms with Crippen molar-refractivity contribution in [3.8, 4) is 11.5 Å². The molecule has 2 amide bonds. The van der Waals surface area contributed by atoms with E-state index in [1.165, 1.54) is 33.1 Å². The zero-order valence-corrected chi connectivity index (χ0v) is 22.9. The van der Waals surface area contributed by atoms with Crippen LogP contribution in [0.25, 0.3) is 11.1 Å². The molecule has 0 fully saturated rings. The van der Waals surface area contributed by atoms with Gasteiger partial charge in [0.05, 0.1) is 6.54 Å². The Morgan fingerprint density at radius 2 is 1.44 bits per heavy atom. The van der Waals surface area contributed by atoms with Gasteiger partial charge in [-0.3, -0.25) is 4.79 Å². The molecule has 0 saturated heterocycles. The number of amides is 2. The zero-order valence-electron chi connectivity index (χ0n) is 22.9. The Labute approximate surface area is 230 Å². The molecule has 3 aromatic carbocycles. The van der Waals surface area contributed by atoms with Gasteiger partial charge in [0.15, 0.2) is 0 Å². The Hall–Kier alpha value is -4.52. The number of aromatic hydroxyl groups is 1. The van der Waals surface area contributed by atoms with Crippen molar-refractivity contribution >= 4 is 23.1 Å². The van der Waals surface area contributed by atoms with Gasteiger partial charge in [-0.05, 0) is 65.4 Å². The largest absolute Gasteiger partial charge is 0.508 e. The van der Waals surface area contributed by atoms with Gasteiger partial charge in [0.2, 0.25) is 5.91 Å². The topological polar surface area (TPSA) is 90.3 Å². The van der Waals surface area contributed by atoms with Crippen LogP contribution in [-0.2, 0) is 4.79 Å². The second-order valence-corrected chi connectivity index (χ2v) is 9.36. The van der Waals surface area contributed by atoms with E-state index >= 15 is 0 Å². The normalized spacial score (nSPS) is 11.7. The van der Waals surface area contributed by atoms with Crippen molar-refractivity contribution < 1.29 is 24.5 Å². The molecular weight excluding hydrogens is 492 g/mol. The lowest BCUT2D eigenvalue weighted by Gasteiger charge is -2.19. The van der Waals surface area contributed by atoms with E-state index in [-0.39, 0.29) is 31.4 Å². The highest BCUT2D eigenvalue weighted by molar-refractivity contribution is 5.98. The molecule has 0 bridgehead atoms. The van der Waals surface area contributed by atoms with Gasteiger partial charge in [-0.2, -0.15) is 0 Å². The van der Waals surface area contributed by atoms with Gasteiger partial charge < -0.3 is 24.7 Å². The third-order valence-corrected chi connectivity index (χ3v) is 6.28. The summed E-state index contributed by atoms with van der Waals surface area (Å²) in [5.74, 6) is 0.636. The lowest BCUT2D eigenvalue weighted by Crippen LogP contribution is -2.33. The number of aryl methyl sites for hydroxylation is 1. The number of ether oxygens (including phenoxy) is 1. The standard InChI is InChI=1S/C32H36N2O5/c1-5-29(24-10-8-23(2)9-11-24)31(25-12-16-27(35)17-13-25)26-14-18-28(19-15-26)39-22-21-34(32(37)38)20-6-7-30(36)33(3)4/h6-19,35H,5,20-22H2,1-4H3,(H,37,38)/b7-6+,31-29-. The summed E-state index contributed by atoms with van der Waals surface area (Å²) < 4.78 is 5.84. The van der Waals surface area contributed by atoms with Gasteiger partial charge in [-0.25, -0.2) is 4.79 Å². The van der Waals surface area contributed by atoms with Crippen molar-refractivity contribution in [3.63, 3.8) is 0 Å². The van der Waals surface area contributed by atoms with Gasteiger partial charge >= 0.3 is 6.09 Å². The first-order chi connectivity index (χ1) is 18.7. The molecule has 0 spiro atoms. The van der Waals surface area contributed by atoms with Crippen molar-refractivity contribution in [2.75, 3.05) is 33.8 Å². The van der Waals surface area contributed by atoms with E-state index < -0.39 is 6.09 Å². The van der Waals surface area contributed by atoms with Gasteiger partial charge in [0, 0.05) is 26.7 Å². The summed E-state index contributed by atoms with van der Waals surface area (Å²) in [7, 11) is 3.27. The Morgan fingerprint density at radius 1 is 0.872 bits per heavy atom. The van der Waals surface area contributed by atoms with Crippen molar-refractivity contribution in [2.45, 2.75) is 20.3 Å². The number of hydrogen-bond acceptors (Lipinski definition) is 4. The van der Waals surface area contributed by atoms with Gasteiger partial charge in [-0.1, -0.05) is 67.1 Å². The molecule has 0 aliphatic carbocycles. The maximum atomic E-state index is 11.7. The first-order valence-corrected chi connectivity index (χ1v) is 12.9. The first-order valence-electron chi connectivity index (χ1n) is 12.9. The van der Waals surface area contributed by atoms with Crippen LogP contribution < -0.4 is 4.74 Å². The van der Waals surface area contributed by atoms with E-state index in [2.05, 4.69) is 38.1 Å². The Balaban J connectivity index is 1.79. The van der Waals surface area contributed by atoms with E-state index in [4.69, 9.17) is 4.74 Å². The van der Waals surface area contributed by atoms with Gasteiger partial charge in [-0.15, -0.1) is 0 Å². The van der Waals surface area contributed by atoms with E-state index in [1.54, 1.807) is 26.2 Å². The quantitative estimate of drug-likeness (QED) is 0.233. The summed E-state index contributed by atoms with van der Waals surface area (Å²) in [5.41, 5.74) is 6.60. The predicted octanol–water partition coefficient (Wildman–Crippen LogP) is 6.07.